The molecule has 0 aromatic carbocycles. The van der Waals surface area contributed by atoms with E-state index in [-0.39, 0.29) is 5.56 Å². The molecule has 3 heterocycles. The summed E-state index contributed by atoms with van der Waals surface area (Å²) < 4.78 is 1.35. The average Bonchev–Trinajstić information content (AvgIpc) is 3.00. The Bertz CT molecular complexity index is 717. The Labute approximate surface area is 139 Å². The van der Waals surface area contributed by atoms with Gasteiger partial charge in [0, 0.05) is 71.0 Å². The highest BCUT2D eigenvalue weighted by Crippen LogP contribution is 2.22. The van der Waals surface area contributed by atoms with Crippen LogP contribution in [0, 0.1) is 0 Å². The van der Waals surface area contributed by atoms with E-state index in [9.17, 15) is 4.79 Å². The molecule has 0 amide bonds. The lowest BCUT2D eigenvalue weighted by Gasteiger charge is -2.35. The van der Waals surface area contributed by atoms with Crippen LogP contribution in [0.5, 0.6) is 0 Å². The maximum absolute atomic E-state index is 11.7. The SMILES string of the molecule is CN(C)c1ncc(CN2CCN(c3cnn(C)c(=O)c3)CC2)s1. The highest BCUT2D eigenvalue weighted by atomic mass is 32.1. The van der Waals surface area contributed by atoms with Gasteiger partial charge in [-0.15, -0.1) is 11.3 Å². The zero-order valence-corrected chi connectivity index (χ0v) is 14.6. The lowest BCUT2D eigenvalue weighted by molar-refractivity contribution is 0.251. The summed E-state index contributed by atoms with van der Waals surface area (Å²) in [6, 6.07) is 1.66. The van der Waals surface area contributed by atoms with Crippen LogP contribution in [-0.4, -0.2) is 59.9 Å². The van der Waals surface area contributed by atoms with E-state index < -0.39 is 0 Å². The molecule has 0 atom stereocenters. The lowest BCUT2D eigenvalue weighted by Crippen LogP contribution is -2.46. The maximum atomic E-state index is 11.7. The van der Waals surface area contributed by atoms with Crippen molar-refractivity contribution in [1.29, 1.82) is 0 Å². The Kier molecular flexibility index (Phi) is 4.63. The lowest BCUT2D eigenvalue weighted by atomic mass is 10.3. The van der Waals surface area contributed by atoms with E-state index in [1.54, 1.807) is 30.6 Å². The van der Waals surface area contributed by atoms with Gasteiger partial charge >= 0.3 is 0 Å². The summed E-state index contributed by atoms with van der Waals surface area (Å²) in [5, 5.41) is 5.14. The number of thiazole rings is 1. The Hall–Kier alpha value is -1.93. The predicted molar refractivity (Wildman–Crippen MR) is 93.4 cm³/mol. The number of anilines is 2. The molecule has 0 spiro atoms. The minimum absolute atomic E-state index is 0.0641. The highest BCUT2D eigenvalue weighted by Gasteiger charge is 2.19. The summed E-state index contributed by atoms with van der Waals surface area (Å²) in [4.78, 5) is 24.1. The van der Waals surface area contributed by atoms with Gasteiger partial charge in [0.05, 0.1) is 11.9 Å². The van der Waals surface area contributed by atoms with Crippen molar-refractivity contribution in [3.05, 3.63) is 33.7 Å². The summed E-state index contributed by atoms with van der Waals surface area (Å²) in [5.74, 6) is 0. The molecule has 0 bridgehead atoms. The van der Waals surface area contributed by atoms with Crippen molar-refractivity contribution in [2.45, 2.75) is 6.54 Å². The van der Waals surface area contributed by atoms with Crippen LogP contribution in [-0.2, 0) is 13.6 Å². The van der Waals surface area contributed by atoms with Crippen LogP contribution in [0.3, 0.4) is 0 Å². The van der Waals surface area contributed by atoms with Crippen LogP contribution >= 0.6 is 11.3 Å². The van der Waals surface area contributed by atoms with Gasteiger partial charge in [-0.05, 0) is 0 Å². The molecule has 0 radical (unpaired) electrons. The van der Waals surface area contributed by atoms with Crippen LogP contribution in [0.25, 0.3) is 0 Å². The largest absolute Gasteiger partial charge is 0.368 e. The van der Waals surface area contributed by atoms with Crippen molar-refractivity contribution < 1.29 is 0 Å². The van der Waals surface area contributed by atoms with Crippen LogP contribution in [0.1, 0.15) is 4.88 Å². The average molecular weight is 334 g/mol. The molecule has 8 heteroatoms. The summed E-state index contributed by atoms with van der Waals surface area (Å²) in [6.07, 6.45) is 3.74. The first-order valence-corrected chi connectivity index (χ1v) is 8.47. The van der Waals surface area contributed by atoms with Crippen LogP contribution in [0.4, 0.5) is 10.8 Å². The molecule has 1 fully saturated rings. The van der Waals surface area contributed by atoms with Gasteiger partial charge in [0.25, 0.3) is 5.56 Å². The molecule has 0 saturated carbocycles. The van der Waals surface area contributed by atoms with Crippen molar-refractivity contribution in [2.24, 2.45) is 7.05 Å². The van der Waals surface area contributed by atoms with Crippen molar-refractivity contribution in [1.82, 2.24) is 19.7 Å². The number of rotatable bonds is 4. The molecule has 1 saturated heterocycles. The first kappa shape index (κ1) is 15.9. The summed E-state index contributed by atoms with van der Waals surface area (Å²) in [5.41, 5.74) is 0.853. The van der Waals surface area contributed by atoms with Gasteiger partial charge in [0.1, 0.15) is 0 Å². The molecule has 0 unspecified atom stereocenters. The fraction of sp³-hybridized carbons (Fsp3) is 0.533. The third kappa shape index (κ3) is 3.70. The molecule has 7 nitrogen and oxygen atoms in total. The Morgan fingerprint density at radius 3 is 2.57 bits per heavy atom. The van der Waals surface area contributed by atoms with Gasteiger partial charge in [0.2, 0.25) is 0 Å². The monoisotopic (exact) mass is 334 g/mol. The molecule has 1 aliphatic heterocycles. The first-order chi connectivity index (χ1) is 11.0. The van der Waals surface area contributed by atoms with Crippen molar-refractivity contribution in [3.63, 3.8) is 0 Å². The third-order valence-electron chi connectivity index (χ3n) is 3.99. The molecular weight excluding hydrogens is 312 g/mol. The van der Waals surface area contributed by atoms with E-state index in [0.717, 1.165) is 43.5 Å². The number of hydrogen-bond donors (Lipinski definition) is 0. The number of nitrogens with zero attached hydrogens (tertiary/aromatic N) is 6. The smallest absolute Gasteiger partial charge is 0.268 e. The number of aryl methyl sites for hydroxylation is 1. The fourth-order valence-electron chi connectivity index (χ4n) is 2.59. The second kappa shape index (κ2) is 6.67. The minimum atomic E-state index is -0.0641. The maximum Gasteiger partial charge on any atom is 0.268 e. The molecule has 2 aromatic heterocycles. The van der Waals surface area contributed by atoms with Gasteiger partial charge in [-0.1, -0.05) is 0 Å². The van der Waals surface area contributed by atoms with E-state index in [2.05, 4.69) is 19.9 Å². The van der Waals surface area contributed by atoms with Crippen LogP contribution in [0.15, 0.2) is 23.3 Å². The number of hydrogen-bond acceptors (Lipinski definition) is 7. The molecule has 23 heavy (non-hydrogen) atoms. The summed E-state index contributed by atoms with van der Waals surface area (Å²) in [6.45, 7) is 4.71. The molecule has 0 N–H and O–H groups in total. The highest BCUT2D eigenvalue weighted by molar-refractivity contribution is 7.15. The van der Waals surface area contributed by atoms with Gasteiger partial charge < -0.3 is 9.80 Å². The second-order valence-corrected chi connectivity index (χ2v) is 7.04. The van der Waals surface area contributed by atoms with Crippen molar-refractivity contribution >= 4 is 22.2 Å². The third-order valence-corrected chi connectivity index (χ3v) is 5.14. The van der Waals surface area contributed by atoms with E-state index >= 15 is 0 Å². The Morgan fingerprint density at radius 1 is 1.22 bits per heavy atom. The summed E-state index contributed by atoms with van der Waals surface area (Å²) >= 11 is 1.74. The first-order valence-electron chi connectivity index (χ1n) is 7.65. The van der Waals surface area contributed by atoms with Gasteiger partial charge in [-0.25, -0.2) is 9.67 Å². The molecule has 2 aromatic rings. The molecular formula is C15H22N6OS. The van der Waals surface area contributed by atoms with Gasteiger partial charge in [-0.2, -0.15) is 5.10 Å². The topological polar surface area (TPSA) is 57.5 Å². The van der Waals surface area contributed by atoms with Gasteiger partial charge in [-0.3, -0.25) is 9.69 Å². The number of aromatic nitrogens is 3. The quantitative estimate of drug-likeness (QED) is 0.817. The van der Waals surface area contributed by atoms with E-state index in [4.69, 9.17) is 0 Å². The van der Waals surface area contributed by atoms with E-state index in [1.807, 2.05) is 25.2 Å². The van der Waals surface area contributed by atoms with Crippen molar-refractivity contribution in [2.75, 3.05) is 50.1 Å². The normalized spacial score (nSPS) is 15.9. The molecule has 124 valence electrons. The fourth-order valence-corrected chi connectivity index (χ4v) is 3.47. The molecule has 3 rings (SSSR count). The standard InChI is InChI=1S/C15H22N6OS/c1-18(2)15-16-10-13(23-15)11-20-4-6-21(7-5-20)12-8-14(22)19(3)17-9-12/h8-10H,4-7,11H2,1-3H3. The summed E-state index contributed by atoms with van der Waals surface area (Å²) in [7, 11) is 5.69. The molecule has 0 aliphatic carbocycles. The Balaban J connectivity index is 1.57. The van der Waals surface area contributed by atoms with Crippen molar-refractivity contribution in [3.8, 4) is 0 Å². The minimum Gasteiger partial charge on any atom is -0.368 e. The zero-order valence-electron chi connectivity index (χ0n) is 13.8. The second-order valence-electron chi connectivity index (χ2n) is 5.94. The van der Waals surface area contributed by atoms with Crippen LogP contribution < -0.4 is 15.4 Å². The Morgan fingerprint density at radius 2 is 1.96 bits per heavy atom. The van der Waals surface area contributed by atoms with Crippen LogP contribution in [0.2, 0.25) is 0 Å². The number of piperazine rings is 1. The predicted octanol–water partition coefficient (Wildman–Crippen LogP) is 0.625. The van der Waals surface area contributed by atoms with E-state index in [1.165, 1.54) is 9.56 Å². The zero-order chi connectivity index (χ0) is 16.4. The molecule has 1 aliphatic rings. The van der Waals surface area contributed by atoms with E-state index in [0.29, 0.717) is 0 Å². The van der Waals surface area contributed by atoms with Gasteiger partial charge in [0.15, 0.2) is 5.13 Å².